The first-order chi connectivity index (χ1) is 14.6. The van der Waals surface area contributed by atoms with Crippen molar-refractivity contribution in [2.75, 3.05) is 0 Å². The van der Waals surface area contributed by atoms with E-state index < -0.39 is 0 Å². The van der Waals surface area contributed by atoms with Gasteiger partial charge in [-0.1, -0.05) is 70.0 Å². The SMILES string of the molecule is O=c1[nH]c2ccc(Cl)cc2c(-c2ccccc2)c1C1=NN[C@@H](c2ccc(Br)cc2)C1. The molecule has 2 N–H and O–H groups in total. The first-order valence-corrected chi connectivity index (χ1v) is 10.8. The molecule has 1 atom stereocenters. The predicted octanol–water partition coefficient (Wildman–Crippen LogP) is 6.05. The number of pyridine rings is 1. The molecule has 3 aromatic carbocycles. The second-order valence-corrected chi connectivity index (χ2v) is 8.61. The van der Waals surface area contributed by atoms with Crippen LogP contribution in [0, 0.1) is 0 Å². The summed E-state index contributed by atoms with van der Waals surface area (Å²) in [4.78, 5) is 16.2. The number of nitrogens with zero attached hydrogens (tertiary/aromatic N) is 1. The lowest BCUT2D eigenvalue weighted by Gasteiger charge is -2.14. The number of hydrogen-bond acceptors (Lipinski definition) is 3. The molecule has 0 fully saturated rings. The fourth-order valence-corrected chi connectivity index (χ4v) is 4.37. The van der Waals surface area contributed by atoms with Gasteiger partial charge in [-0.05, 0) is 41.5 Å². The van der Waals surface area contributed by atoms with Gasteiger partial charge in [0.1, 0.15) is 0 Å². The second kappa shape index (κ2) is 7.74. The average Bonchev–Trinajstić information content (AvgIpc) is 3.24. The van der Waals surface area contributed by atoms with Crippen LogP contribution in [0.1, 0.15) is 23.6 Å². The molecule has 0 spiro atoms. The summed E-state index contributed by atoms with van der Waals surface area (Å²) in [7, 11) is 0. The van der Waals surface area contributed by atoms with Crippen LogP contribution < -0.4 is 11.0 Å². The summed E-state index contributed by atoms with van der Waals surface area (Å²) in [6.45, 7) is 0. The van der Waals surface area contributed by atoms with Gasteiger partial charge in [0, 0.05) is 32.4 Å². The van der Waals surface area contributed by atoms with Gasteiger partial charge in [-0.2, -0.15) is 5.10 Å². The van der Waals surface area contributed by atoms with Crippen LogP contribution in [-0.2, 0) is 0 Å². The van der Waals surface area contributed by atoms with Crippen LogP contribution in [0.15, 0.2) is 87.2 Å². The molecule has 2 heterocycles. The Kier molecular flexibility index (Phi) is 4.93. The Morgan fingerprint density at radius 2 is 1.73 bits per heavy atom. The Balaban J connectivity index is 1.67. The maximum Gasteiger partial charge on any atom is 0.258 e. The van der Waals surface area contributed by atoms with E-state index in [1.54, 1.807) is 6.07 Å². The number of halogens is 2. The number of hydrazone groups is 1. The van der Waals surface area contributed by atoms with Gasteiger partial charge >= 0.3 is 0 Å². The molecule has 4 nitrogen and oxygen atoms in total. The topological polar surface area (TPSA) is 57.2 Å². The van der Waals surface area contributed by atoms with E-state index in [2.05, 4.69) is 43.6 Å². The molecule has 0 saturated heterocycles. The zero-order valence-electron chi connectivity index (χ0n) is 15.8. The van der Waals surface area contributed by atoms with Crippen molar-refractivity contribution in [3.8, 4) is 11.1 Å². The summed E-state index contributed by atoms with van der Waals surface area (Å²) in [5, 5.41) is 6.09. The Labute approximate surface area is 186 Å². The molecule has 0 radical (unpaired) electrons. The minimum atomic E-state index is -0.152. The van der Waals surface area contributed by atoms with Crippen molar-refractivity contribution in [2.45, 2.75) is 12.5 Å². The summed E-state index contributed by atoms with van der Waals surface area (Å²) in [5.41, 5.74) is 8.07. The van der Waals surface area contributed by atoms with Crippen LogP contribution >= 0.6 is 27.5 Å². The number of rotatable bonds is 3. The third kappa shape index (κ3) is 3.44. The van der Waals surface area contributed by atoms with Crippen molar-refractivity contribution in [1.82, 2.24) is 10.4 Å². The zero-order chi connectivity index (χ0) is 20.7. The molecule has 0 aliphatic carbocycles. The number of benzene rings is 3. The summed E-state index contributed by atoms with van der Waals surface area (Å²) < 4.78 is 1.03. The van der Waals surface area contributed by atoms with Crippen molar-refractivity contribution in [3.63, 3.8) is 0 Å². The Bertz CT molecular complexity index is 1330. The average molecular weight is 479 g/mol. The molecule has 6 heteroatoms. The molecule has 1 aliphatic rings. The maximum atomic E-state index is 13.2. The zero-order valence-corrected chi connectivity index (χ0v) is 18.2. The smallest absolute Gasteiger partial charge is 0.258 e. The molecule has 1 aromatic heterocycles. The number of aromatic nitrogens is 1. The molecule has 148 valence electrons. The monoisotopic (exact) mass is 477 g/mol. The second-order valence-electron chi connectivity index (χ2n) is 7.26. The van der Waals surface area contributed by atoms with Crippen LogP contribution in [0.4, 0.5) is 0 Å². The van der Waals surface area contributed by atoms with E-state index in [1.807, 2.05) is 54.6 Å². The highest BCUT2D eigenvalue weighted by Crippen LogP contribution is 2.34. The summed E-state index contributed by atoms with van der Waals surface area (Å²) in [6, 6.07) is 23.6. The van der Waals surface area contributed by atoms with Crippen molar-refractivity contribution >= 4 is 44.1 Å². The van der Waals surface area contributed by atoms with Crippen LogP contribution in [0.3, 0.4) is 0 Å². The minimum Gasteiger partial charge on any atom is -0.321 e. The van der Waals surface area contributed by atoms with Gasteiger partial charge in [-0.3, -0.25) is 4.79 Å². The van der Waals surface area contributed by atoms with Gasteiger partial charge in [0.2, 0.25) is 0 Å². The van der Waals surface area contributed by atoms with Gasteiger partial charge in [0.25, 0.3) is 5.56 Å². The Morgan fingerprint density at radius 1 is 0.967 bits per heavy atom. The van der Waals surface area contributed by atoms with Gasteiger partial charge in [-0.25, -0.2) is 0 Å². The number of fused-ring (bicyclic) bond motifs is 1. The number of H-pyrrole nitrogens is 1. The predicted molar refractivity (Wildman–Crippen MR) is 126 cm³/mol. The van der Waals surface area contributed by atoms with Crippen molar-refractivity contribution in [3.05, 3.63) is 104 Å². The van der Waals surface area contributed by atoms with Crippen LogP contribution in [-0.4, -0.2) is 10.7 Å². The van der Waals surface area contributed by atoms with Gasteiger partial charge in [-0.15, -0.1) is 0 Å². The first-order valence-electron chi connectivity index (χ1n) is 9.59. The summed E-state index contributed by atoms with van der Waals surface area (Å²) in [6.07, 6.45) is 0.622. The van der Waals surface area contributed by atoms with Crippen LogP contribution in [0.25, 0.3) is 22.0 Å². The van der Waals surface area contributed by atoms with Gasteiger partial charge in [0.15, 0.2) is 0 Å². The normalized spacial score (nSPS) is 15.8. The van der Waals surface area contributed by atoms with Crippen molar-refractivity contribution < 1.29 is 0 Å². The standard InChI is InChI=1S/C24H17BrClN3O/c25-16-8-6-14(7-9-16)20-13-21(29-28-20)23-22(15-4-2-1-3-5-15)18-12-17(26)10-11-19(18)27-24(23)30/h1-12,20,28H,13H2,(H,27,30)/t20-/m1/s1. The minimum absolute atomic E-state index is 0.0196. The fourth-order valence-electron chi connectivity index (χ4n) is 3.93. The van der Waals surface area contributed by atoms with Crippen LogP contribution in [0.5, 0.6) is 0 Å². The molecular formula is C24H17BrClN3O. The Hall–Kier alpha value is -2.89. The number of aromatic amines is 1. The van der Waals surface area contributed by atoms with E-state index in [1.165, 1.54) is 0 Å². The van der Waals surface area contributed by atoms with Gasteiger partial charge < -0.3 is 10.4 Å². The third-order valence-corrected chi connectivity index (χ3v) is 6.12. The third-order valence-electron chi connectivity index (χ3n) is 5.35. The van der Waals surface area contributed by atoms with E-state index in [9.17, 15) is 4.79 Å². The quantitative estimate of drug-likeness (QED) is 0.376. The van der Waals surface area contributed by atoms with Gasteiger partial charge in [0.05, 0.1) is 17.3 Å². The largest absolute Gasteiger partial charge is 0.321 e. The summed E-state index contributed by atoms with van der Waals surface area (Å²) >= 11 is 9.78. The molecule has 30 heavy (non-hydrogen) atoms. The lowest BCUT2D eigenvalue weighted by atomic mass is 9.91. The summed E-state index contributed by atoms with van der Waals surface area (Å²) in [5.74, 6) is 0. The van der Waals surface area contributed by atoms with E-state index in [-0.39, 0.29) is 11.6 Å². The molecule has 4 aromatic rings. The molecular weight excluding hydrogens is 462 g/mol. The molecule has 0 saturated carbocycles. The molecule has 0 unspecified atom stereocenters. The molecule has 0 amide bonds. The number of nitrogens with one attached hydrogen (secondary N) is 2. The fraction of sp³-hybridized carbons (Fsp3) is 0.0833. The highest BCUT2D eigenvalue weighted by atomic mass is 79.9. The van der Waals surface area contributed by atoms with Crippen molar-refractivity contribution in [2.24, 2.45) is 5.10 Å². The highest BCUT2D eigenvalue weighted by molar-refractivity contribution is 9.10. The lowest BCUT2D eigenvalue weighted by Crippen LogP contribution is -2.20. The van der Waals surface area contributed by atoms with E-state index in [0.717, 1.165) is 37.8 Å². The molecule has 0 bridgehead atoms. The number of hydrogen-bond donors (Lipinski definition) is 2. The van der Waals surface area contributed by atoms with Crippen molar-refractivity contribution in [1.29, 1.82) is 0 Å². The van der Waals surface area contributed by atoms with E-state index in [4.69, 9.17) is 11.6 Å². The van der Waals surface area contributed by atoms with Crippen LogP contribution in [0.2, 0.25) is 5.02 Å². The maximum absolute atomic E-state index is 13.2. The van der Waals surface area contributed by atoms with E-state index in [0.29, 0.717) is 17.0 Å². The molecule has 5 rings (SSSR count). The van der Waals surface area contributed by atoms with E-state index >= 15 is 0 Å². The molecule has 1 aliphatic heterocycles. The highest BCUT2D eigenvalue weighted by Gasteiger charge is 2.26. The Morgan fingerprint density at radius 3 is 2.50 bits per heavy atom. The lowest BCUT2D eigenvalue weighted by molar-refractivity contribution is 0.620. The first kappa shape index (κ1) is 19.1.